The minimum absolute atomic E-state index is 0.205. The van der Waals surface area contributed by atoms with Crippen LogP contribution < -0.4 is 10.1 Å². The normalized spacial score (nSPS) is 18.4. The van der Waals surface area contributed by atoms with Crippen molar-refractivity contribution in [2.75, 3.05) is 18.5 Å². The predicted molar refractivity (Wildman–Crippen MR) is 104 cm³/mol. The molecule has 144 valence electrons. The van der Waals surface area contributed by atoms with E-state index in [1.165, 1.54) is 0 Å². The number of hydrogen-bond acceptors (Lipinski definition) is 5. The zero-order valence-electron chi connectivity index (χ0n) is 15.7. The zero-order chi connectivity index (χ0) is 19.7. The molecule has 1 aromatic heterocycles. The van der Waals surface area contributed by atoms with Gasteiger partial charge in [-0.3, -0.25) is 14.9 Å². The standard InChI is InChI=1S/C21H21N3O4/c1-3-27-14-11-9-13(10-12-14)18-17(20(26)28-4-2)19(25)23-21-22-15-7-5-6-8-16(15)24(18)21/h5-12,17-18H,3-4H2,1-2H3,(H,22,23,25)/t17-,18-/m0/s1. The quantitative estimate of drug-likeness (QED) is 0.544. The summed E-state index contributed by atoms with van der Waals surface area (Å²) in [5.41, 5.74) is 2.39. The molecule has 0 fully saturated rings. The van der Waals surface area contributed by atoms with Crippen LogP contribution in [-0.4, -0.2) is 34.6 Å². The third-order valence-electron chi connectivity index (χ3n) is 4.78. The van der Waals surface area contributed by atoms with Crippen LogP contribution in [0.4, 0.5) is 5.95 Å². The molecule has 1 N–H and O–H groups in total. The molecule has 0 unspecified atom stereocenters. The Kier molecular flexibility index (Phi) is 4.73. The molecule has 2 heterocycles. The number of benzene rings is 2. The first-order valence-corrected chi connectivity index (χ1v) is 9.31. The third kappa shape index (κ3) is 2.98. The number of rotatable bonds is 5. The Labute approximate surface area is 162 Å². The van der Waals surface area contributed by atoms with Crippen LogP contribution in [0, 0.1) is 5.92 Å². The molecular formula is C21H21N3O4. The minimum Gasteiger partial charge on any atom is -0.494 e. The van der Waals surface area contributed by atoms with Gasteiger partial charge in [-0.25, -0.2) is 4.98 Å². The molecule has 7 heteroatoms. The summed E-state index contributed by atoms with van der Waals surface area (Å²) in [6, 6.07) is 14.5. The number of esters is 1. The highest BCUT2D eigenvalue weighted by Gasteiger charge is 2.44. The molecule has 0 aliphatic carbocycles. The van der Waals surface area contributed by atoms with Crippen LogP contribution in [0.5, 0.6) is 5.75 Å². The number of nitrogens with one attached hydrogen (secondary N) is 1. The molecule has 3 aromatic rings. The maximum Gasteiger partial charge on any atom is 0.321 e. The number of para-hydroxylation sites is 2. The molecule has 0 bridgehead atoms. The number of carbonyl (C=O) groups excluding carboxylic acids is 2. The first kappa shape index (κ1) is 18.0. The molecule has 2 aromatic carbocycles. The maximum atomic E-state index is 12.8. The van der Waals surface area contributed by atoms with Crippen molar-refractivity contribution >= 4 is 28.9 Å². The van der Waals surface area contributed by atoms with Crippen LogP contribution >= 0.6 is 0 Å². The van der Waals surface area contributed by atoms with E-state index in [4.69, 9.17) is 9.47 Å². The second kappa shape index (κ2) is 7.34. The van der Waals surface area contributed by atoms with E-state index in [2.05, 4.69) is 10.3 Å². The van der Waals surface area contributed by atoms with Gasteiger partial charge in [-0.15, -0.1) is 0 Å². The molecule has 2 atom stereocenters. The number of carbonyl (C=O) groups is 2. The van der Waals surface area contributed by atoms with E-state index in [0.29, 0.717) is 12.6 Å². The number of hydrogen-bond donors (Lipinski definition) is 1. The Morgan fingerprint density at radius 3 is 2.57 bits per heavy atom. The summed E-state index contributed by atoms with van der Waals surface area (Å²) in [4.78, 5) is 30.0. The first-order chi connectivity index (χ1) is 13.6. The molecule has 0 saturated heterocycles. The van der Waals surface area contributed by atoms with Gasteiger partial charge < -0.3 is 14.0 Å². The van der Waals surface area contributed by atoms with Crippen molar-refractivity contribution in [2.45, 2.75) is 19.9 Å². The largest absolute Gasteiger partial charge is 0.494 e. The summed E-state index contributed by atoms with van der Waals surface area (Å²) in [5.74, 6) is -0.828. The number of fused-ring (bicyclic) bond motifs is 3. The monoisotopic (exact) mass is 379 g/mol. The third-order valence-corrected chi connectivity index (χ3v) is 4.78. The second-order valence-corrected chi connectivity index (χ2v) is 6.46. The van der Waals surface area contributed by atoms with Crippen molar-refractivity contribution in [1.29, 1.82) is 0 Å². The lowest BCUT2D eigenvalue weighted by Gasteiger charge is -2.32. The zero-order valence-corrected chi connectivity index (χ0v) is 15.7. The van der Waals surface area contributed by atoms with Crippen LogP contribution in [0.25, 0.3) is 11.0 Å². The predicted octanol–water partition coefficient (Wildman–Crippen LogP) is 3.16. The molecule has 0 radical (unpaired) electrons. The van der Waals surface area contributed by atoms with Crippen molar-refractivity contribution in [1.82, 2.24) is 9.55 Å². The highest BCUT2D eigenvalue weighted by molar-refractivity contribution is 6.07. The van der Waals surface area contributed by atoms with Crippen LogP contribution in [0.3, 0.4) is 0 Å². The highest BCUT2D eigenvalue weighted by Crippen LogP contribution is 2.39. The lowest BCUT2D eigenvalue weighted by molar-refractivity contribution is -0.152. The smallest absolute Gasteiger partial charge is 0.321 e. The fourth-order valence-electron chi connectivity index (χ4n) is 3.63. The van der Waals surface area contributed by atoms with Gasteiger partial charge in [0.1, 0.15) is 5.75 Å². The van der Waals surface area contributed by atoms with Gasteiger partial charge in [-0.1, -0.05) is 24.3 Å². The number of nitrogens with zero attached hydrogens (tertiary/aromatic N) is 2. The Balaban J connectivity index is 1.89. The average Bonchev–Trinajstić information content (AvgIpc) is 3.06. The molecule has 7 nitrogen and oxygen atoms in total. The van der Waals surface area contributed by atoms with E-state index >= 15 is 0 Å². The van der Waals surface area contributed by atoms with Gasteiger partial charge in [0.15, 0.2) is 5.92 Å². The number of anilines is 1. The van der Waals surface area contributed by atoms with E-state index in [0.717, 1.165) is 22.3 Å². The first-order valence-electron chi connectivity index (χ1n) is 9.31. The molecule has 1 aliphatic rings. The Hall–Kier alpha value is -3.35. The van der Waals surface area contributed by atoms with Gasteiger partial charge in [0.2, 0.25) is 11.9 Å². The average molecular weight is 379 g/mol. The van der Waals surface area contributed by atoms with Crippen molar-refractivity contribution in [3.8, 4) is 5.75 Å². The number of imidazole rings is 1. The van der Waals surface area contributed by atoms with E-state index in [9.17, 15) is 9.59 Å². The lowest BCUT2D eigenvalue weighted by Crippen LogP contribution is -2.43. The number of amides is 1. The molecule has 0 saturated carbocycles. The van der Waals surface area contributed by atoms with Crippen LogP contribution in [-0.2, 0) is 14.3 Å². The molecule has 4 rings (SSSR count). The van der Waals surface area contributed by atoms with Gasteiger partial charge in [-0.2, -0.15) is 0 Å². The SMILES string of the molecule is CCOC(=O)[C@@H]1C(=O)Nc2nc3ccccc3n2[C@H]1c1ccc(OCC)cc1. The van der Waals surface area contributed by atoms with E-state index < -0.39 is 23.8 Å². The van der Waals surface area contributed by atoms with Crippen LogP contribution in [0.15, 0.2) is 48.5 Å². The van der Waals surface area contributed by atoms with Crippen molar-refractivity contribution in [3.05, 3.63) is 54.1 Å². The number of aromatic nitrogens is 2. The lowest BCUT2D eigenvalue weighted by atomic mass is 9.90. The maximum absolute atomic E-state index is 12.8. The summed E-state index contributed by atoms with van der Waals surface area (Å²) in [7, 11) is 0. The van der Waals surface area contributed by atoms with Gasteiger partial charge in [0, 0.05) is 0 Å². The Morgan fingerprint density at radius 1 is 1.11 bits per heavy atom. The second-order valence-electron chi connectivity index (χ2n) is 6.46. The summed E-state index contributed by atoms with van der Waals surface area (Å²) in [6.45, 7) is 4.41. The summed E-state index contributed by atoms with van der Waals surface area (Å²) < 4.78 is 12.6. The molecule has 1 aliphatic heterocycles. The van der Waals surface area contributed by atoms with Crippen molar-refractivity contribution < 1.29 is 19.1 Å². The highest BCUT2D eigenvalue weighted by atomic mass is 16.5. The van der Waals surface area contributed by atoms with Gasteiger partial charge in [0.05, 0.1) is 30.3 Å². The van der Waals surface area contributed by atoms with Crippen molar-refractivity contribution in [2.24, 2.45) is 5.92 Å². The Morgan fingerprint density at radius 2 is 1.86 bits per heavy atom. The fraction of sp³-hybridized carbons (Fsp3) is 0.286. The topological polar surface area (TPSA) is 82.5 Å². The molecule has 1 amide bonds. The van der Waals surface area contributed by atoms with E-state index in [1.807, 2.05) is 60.0 Å². The molecular weight excluding hydrogens is 358 g/mol. The molecule has 0 spiro atoms. The fourth-order valence-corrected chi connectivity index (χ4v) is 3.63. The molecule has 28 heavy (non-hydrogen) atoms. The van der Waals surface area contributed by atoms with Crippen LogP contribution in [0.1, 0.15) is 25.5 Å². The van der Waals surface area contributed by atoms with Crippen molar-refractivity contribution in [3.63, 3.8) is 0 Å². The number of ether oxygens (including phenoxy) is 2. The minimum atomic E-state index is -1.01. The van der Waals surface area contributed by atoms with E-state index in [-0.39, 0.29) is 6.61 Å². The van der Waals surface area contributed by atoms with Crippen LogP contribution in [0.2, 0.25) is 0 Å². The summed E-state index contributed by atoms with van der Waals surface area (Å²) in [5, 5.41) is 2.76. The van der Waals surface area contributed by atoms with Gasteiger partial charge >= 0.3 is 5.97 Å². The Bertz CT molecular complexity index is 1030. The van der Waals surface area contributed by atoms with Gasteiger partial charge in [0.25, 0.3) is 0 Å². The summed E-state index contributed by atoms with van der Waals surface area (Å²) >= 11 is 0. The summed E-state index contributed by atoms with van der Waals surface area (Å²) in [6.07, 6.45) is 0. The van der Waals surface area contributed by atoms with E-state index in [1.54, 1.807) is 6.92 Å². The van der Waals surface area contributed by atoms with Gasteiger partial charge in [-0.05, 0) is 43.7 Å².